The highest BCUT2D eigenvalue weighted by Crippen LogP contribution is 2.34. The third-order valence-electron chi connectivity index (χ3n) is 3.05. The third kappa shape index (κ3) is 1.85. The average Bonchev–Trinajstić information content (AvgIpc) is 2.55. The van der Waals surface area contributed by atoms with E-state index in [4.69, 9.17) is 0 Å². The van der Waals surface area contributed by atoms with Gasteiger partial charge in [0.15, 0.2) is 5.78 Å². The Balaban J connectivity index is 2.23. The van der Waals surface area contributed by atoms with E-state index >= 15 is 0 Å². The van der Waals surface area contributed by atoms with Crippen LogP contribution in [-0.4, -0.2) is 52.4 Å². The molecular weight excluding hydrogens is 212 g/mol. The molecule has 2 atom stereocenters. The topological polar surface area (TPSA) is 40.6 Å². The minimum Gasteiger partial charge on any atom is -0.328 e. The van der Waals surface area contributed by atoms with Gasteiger partial charge in [0.2, 0.25) is 0 Å². The first-order valence-electron chi connectivity index (χ1n) is 5.26. The maximum atomic E-state index is 12.0. The van der Waals surface area contributed by atoms with Crippen molar-refractivity contribution in [1.82, 2.24) is 9.80 Å². The van der Waals surface area contributed by atoms with Crippen molar-refractivity contribution in [2.75, 3.05) is 19.3 Å². The van der Waals surface area contributed by atoms with Crippen molar-refractivity contribution >= 4 is 23.6 Å². The van der Waals surface area contributed by atoms with Crippen LogP contribution < -0.4 is 0 Å². The lowest BCUT2D eigenvalue weighted by Crippen LogP contribution is -2.48. The summed E-state index contributed by atoms with van der Waals surface area (Å²) in [6.45, 7) is 2.38. The molecule has 2 fully saturated rings. The zero-order chi connectivity index (χ0) is 11.0. The Kier molecular flexibility index (Phi) is 2.91. The normalized spacial score (nSPS) is 31.5. The molecule has 2 rings (SSSR count). The van der Waals surface area contributed by atoms with Crippen LogP contribution in [-0.2, 0) is 4.79 Å². The lowest BCUT2D eigenvalue weighted by atomic mass is 10.2. The van der Waals surface area contributed by atoms with Gasteiger partial charge in [-0.2, -0.15) is 0 Å². The van der Waals surface area contributed by atoms with Crippen LogP contribution in [0.25, 0.3) is 0 Å². The van der Waals surface area contributed by atoms with Gasteiger partial charge in [-0.25, -0.2) is 4.79 Å². The summed E-state index contributed by atoms with van der Waals surface area (Å²) in [5, 5.41) is 0.219. The predicted molar refractivity (Wildman–Crippen MR) is 59.8 cm³/mol. The number of Topliss-reactive ketones (excluding diaryl/α,β-unsaturated/α-hetero) is 1. The summed E-state index contributed by atoms with van der Waals surface area (Å²) in [7, 11) is 1.81. The Morgan fingerprint density at radius 3 is 2.93 bits per heavy atom. The van der Waals surface area contributed by atoms with Crippen LogP contribution in [0.15, 0.2) is 0 Å². The molecule has 2 heterocycles. The van der Waals surface area contributed by atoms with Crippen molar-refractivity contribution in [2.45, 2.75) is 31.2 Å². The summed E-state index contributed by atoms with van der Waals surface area (Å²) < 4.78 is 0. The van der Waals surface area contributed by atoms with Gasteiger partial charge in [-0.3, -0.25) is 4.79 Å². The fraction of sp³-hybridized carbons (Fsp3) is 0.800. The second-order valence-corrected chi connectivity index (χ2v) is 5.38. The zero-order valence-electron chi connectivity index (χ0n) is 9.10. The molecule has 2 aliphatic rings. The molecule has 0 aromatic carbocycles. The van der Waals surface area contributed by atoms with Crippen LogP contribution in [0, 0.1) is 0 Å². The quantitative estimate of drug-likeness (QED) is 0.676. The van der Waals surface area contributed by atoms with Gasteiger partial charge in [0.05, 0.1) is 5.37 Å². The number of thioether (sulfide) groups is 1. The monoisotopic (exact) mass is 228 g/mol. The largest absolute Gasteiger partial charge is 0.328 e. The van der Waals surface area contributed by atoms with E-state index in [0.29, 0.717) is 0 Å². The molecule has 2 saturated heterocycles. The molecule has 4 nitrogen and oxygen atoms in total. The number of carbonyl (C=O) groups is 2. The first-order chi connectivity index (χ1) is 7.11. The molecule has 0 radical (unpaired) electrons. The molecule has 0 aromatic heterocycles. The minimum absolute atomic E-state index is 0.0164. The highest BCUT2D eigenvalue weighted by Gasteiger charge is 2.42. The molecule has 0 saturated carbocycles. The first kappa shape index (κ1) is 10.8. The van der Waals surface area contributed by atoms with E-state index in [-0.39, 0.29) is 23.2 Å². The van der Waals surface area contributed by atoms with Crippen LogP contribution in [0.4, 0.5) is 4.79 Å². The van der Waals surface area contributed by atoms with Crippen molar-refractivity contribution in [3.63, 3.8) is 0 Å². The summed E-state index contributed by atoms with van der Waals surface area (Å²) in [5.74, 6) is 0.869. The molecule has 0 N–H and O–H groups in total. The number of ketones is 1. The molecular formula is C10H16N2O2S. The molecule has 5 heteroatoms. The van der Waals surface area contributed by atoms with Gasteiger partial charge in [0.25, 0.3) is 0 Å². The van der Waals surface area contributed by atoms with Gasteiger partial charge >= 0.3 is 6.03 Å². The van der Waals surface area contributed by atoms with Crippen LogP contribution in [0.2, 0.25) is 0 Å². The smallest absolute Gasteiger partial charge is 0.321 e. The lowest BCUT2D eigenvalue weighted by molar-refractivity contribution is -0.120. The van der Waals surface area contributed by atoms with Crippen LogP contribution >= 0.6 is 11.8 Å². The Hall–Kier alpha value is -0.710. The van der Waals surface area contributed by atoms with Crippen LogP contribution in [0.1, 0.15) is 19.8 Å². The van der Waals surface area contributed by atoms with Gasteiger partial charge in [0, 0.05) is 19.3 Å². The van der Waals surface area contributed by atoms with E-state index in [2.05, 4.69) is 0 Å². The molecule has 0 aromatic rings. The van der Waals surface area contributed by atoms with Crippen molar-refractivity contribution < 1.29 is 9.59 Å². The van der Waals surface area contributed by atoms with Gasteiger partial charge in [-0.05, 0) is 19.8 Å². The molecule has 15 heavy (non-hydrogen) atoms. The van der Waals surface area contributed by atoms with E-state index in [1.165, 1.54) is 0 Å². The average molecular weight is 228 g/mol. The molecule has 0 spiro atoms. The summed E-state index contributed by atoms with van der Waals surface area (Å²) in [6.07, 6.45) is 2.03. The van der Waals surface area contributed by atoms with Gasteiger partial charge in [0.1, 0.15) is 6.04 Å². The van der Waals surface area contributed by atoms with Gasteiger partial charge in [-0.1, -0.05) is 0 Å². The van der Waals surface area contributed by atoms with Crippen LogP contribution in [0.5, 0.6) is 0 Å². The Bertz CT molecular complexity index is 295. The van der Waals surface area contributed by atoms with Gasteiger partial charge < -0.3 is 9.80 Å². The number of carbonyl (C=O) groups excluding carboxylic acids is 2. The maximum Gasteiger partial charge on any atom is 0.321 e. The number of amides is 2. The van der Waals surface area contributed by atoms with E-state index in [9.17, 15) is 9.59 Å². The lowest BCUT2D eigenvalue weighted by Gasteiger charge is -2.28. The third-order valence-corrected chi connectivity index (χ3v) is 4.41. The second-order valence-electron chi connectivity index (χ2n) is 4.17. The Morgan fingerprint density at radius 1 is 1.53 bits per heavy atom. The Morgan fingerprint density at radius 2 is 2.27 bits per heavy atom. The SMILES string of the molecule is CC(=O)C1CSC2CCCN(C)C(=O)N21. The second kappa shape index (κ2) is 4.04. The minimum atomic E-state index is -0.201. The molecule has 84 valence electrons. The molecule has 0 aliphatic carbocycles. The number of urea groups is 1. The van der Waals surface area contributed by atoms with Crippen LogP contribution in [0.3, 0.4) is 0 Å². The fourth-order valence-electron chi connectivity index (χ4n) is 2.15. The summed E-state index contributed by atoms with van der Waals surface area (Å²) in [6, 6.07) is -0.184. The summed E-state index contributed by atoms with van der Waals surface area (Å²) in [4.78, 5) is 27.0. The van der Waals surface area contributed by atoms with Crippen molar-refractivity contribution in [3.8, 4) is 0 Å². The summed E-state index contributed by atoms with van der Waals surface area (Å²) in [5.41, 5.74) is 0. The number of hydrogen-bond acceptors (Lipinski definition) is 3. The zero-order valence-corrected chi connectivity index (χ0v) is 9.92. The number of hydrogen-bond donors (Lipinski definition) is 0. The number of rotatable bonds is 1. The number of nitrogens with zero attached hydrogens (tertiary/aromatic N) is 2. The summed E-state index contributed by atoms with van der Waals surface area (Å²) >= 11 is 1.74. The van der Waals surface area contributed by atoms with E-state index in [1.807, 2.05) is 7.05 Å². The van der Waals surface area contributed by atoms with E-state index in [1.54, 1.807) is 28.5 Å². The van der Waals surface area contributed by atoms with Crippen molar-refractivity contribution in [2.24, 2.45) is 0 Å². The standard InChI is InChI=1S/C10H16N2O2S/c1-7(13)8-6-15-9-4-3-5-11(2)10(14)12(8)9/h8-9H,3-6H2,1-2H3. The van der Waals surface area contributed by atoms with Crippen molar-refractivity contribution in [3.05, 3.63) is 0 Å². The molecule has 2 amide bonds. The van der Waals surface area contributed by atoms with E-state index < -0.39 is 0 Å². The van der Waals surface area contributed by atoms with E-state index in [0.717, 1.165) is 25.1 Å². The molecule has 2 aliphatic heterocycles. The van der Waals surface area contributed by atoms with Crippen molar-refractivity contribution in [1.29, 1.82) is 0 Å². The highest BCUT2D eigenvalue weighted by atomic mass is 32.2. The van der Waals surface area contributed by atoms with Gasteiger partial charge in [-0.15, -0.1) is 11.8 Å². The fourth-order valence-corrected chi connectivity index (χ4v) is 3.68. The maximum absolute atomic E-state index is 12.0. The highest BCUT2D eigenvalue weighted by molar-refractivity contribution is 8.00. The predicted octanol–water partition coefficient (Wildman–Crippen LogP) is 1.16. The first-order valence-corrected chi connectivity index (χ1v) is 6.31. The number of fused-ring (bicyclic) bond motifs is 1. The molecule has 0 bridgehead atoms. The molecule has 2 unspecified atom stereocenters. The Labute approximate surface area is 94.0 Å².